The lowest BCUT2D eigenvalue weighted by atomic mass is 9.99. The Kier molecular flexibility index (Phi) is 3.13. The predicted molar refractivity (Wildman–Crippen MR) is 77.6 cm³/mol. The Bertz CT molecular complexity index is 770. The second kappa shape index (κ2) is 5.09. The fourth-order valence-electron chi connectivity index (χ4n) is 2.33. The number of nitro groups is 1. The first-order valence-electron chi connectivity index (χ1n) is 6.29. The van der Waals surface area contributed by atoms with E-state index in [-0.39, 0.29) is 10.6 Å². The summed E-state index contributed by atoms with van der Waals surface area (Å²) in [5, 5.41) is 12.8. The van der Waals surface area contributed by atoms with Gasteiger partial charge in [0.1, 0.15) is 0 Å². The van der Waals surface area contributed by atoms with E-state index in [2.05, 4.69) is 4.98 Å². The Hall–Kier alpha value is -2.75. The molecule has 0 N–H and O–H groups in total. The van der Waals surface area contributed by atoms with Crippen molar-refractivity contribution in [2.75, 3.05) is 0 Å². The quantitative estimate of drug-likeness (QED) is 0.535. The maximum absolute atomic E-state index is 10.8. The number of non-ortho nitro benzene ring substituents is 1. The largest absolute Gasteiger partial charge is 0.270 e. The Labute approximate surface area is 115 Å². The van der Waals surface area contributed by atoms with Crippen molar-refractivity contribution in [1.82, 2.24) is 4.98 Å². The van der Waals surface area contributed by atoms with Gasteiger partial charge in [-0.25, -0.2) is 0 Å². The van der Waals surface area contributed by atoms with Crippen LogP contribution in [-0.2, 0) is 6.42 Å². The van der Waals surface area contributed by atoms with Crippen LogP contribution in [0.4, 0.5) is 5.69 Å². The van der Waals surface area contributed by atoms with Gasteiger partial charge in [-0.3, -0.25) is 15.1 Å². The molecular formula is C16H12N2O2. The van der Waals surface area contributed by atoms with E-state index in [0.717, 1.165) is 28.3 Å². The first-order valence-corrected chi connectivity index (χ1v) is 6.29. The number of hydrogen-bond acceptors (Lipinski definition) is 3. The molecule has 0 aliphatic rings. The van der Waals surface area contributed by atoms with E-state index in [1.165, 1.54) is 0 Å². The van der Waals surface area contributed by atoms with Gasteiger partial charge in [0.25, 0.3) is 5.69 Å². The third-order valence-electron chi connectivity index (χ3n) is 3.28. The van der Waals surface area contributed by atoms with E-state index in [1.807, 2.05) is 42.6 Å². The van der Waals surface area contributed by atoms with Crippen LogP contribution >= 0.6 is 0 Å². The Morgan fingerprint density at radius 2 is 2.00 bits per heavy atom. The average Bonchev–Trinajstić information content (AvgIpc) is 2.48. The molecule has 0 atom stereocenters. The van der Waals surface area contributed by atoms with Crippen LogP contribution in [-0.4, -0.2) is 9.91 Å². The highest BCUT2D eigenvalue weighted by atomic mass is 16.6. The van der Waals surface area contributed by atoms with E-state index in [0.29, 0.717) is 0 Å². The highest BCUT2D eigenvalue weighted by molar-refractivity contribution is 5.87. The molecule has 98 valence electrons. The van der Waals surface area contributed by atoms with Gasteiger partial charge in [-0.05, 0) is 40.5 Å². The molecule has 0 saturated carbocycles. The molecule has 0 saturated heterocycles. The summed E-state index contributed by atoms with van der Waals surface area (Å²) in [7, 11) is 0. The molecule has 1 aromatic heterocycles. The third kappa shape index (κ3) is 2.36. The number of pyridine rings is 1. The summed E-state index contributed by atoms with van der Waals surface area (Å²) in [6, 6.07) is 14.8. The zero-order valence-electron chi connectivity index (χ0n) is 10.7. The smallest absolute Gasteiger partial charge is 0.264 e. The molecule has 4 heteroatoms. The van der Waals surface area contributed by atoms with Gasteiger partial charge in [-0.15, -0.1) is 0 Å². The number of nitro benzene ring substituents is 1. The SMILES string of the molecule is O=[N+]([O-])c1ccc2c(Cc3cccnc3)cccc2c1. The minimum absolute atomic E-state index is 0.121. The second-order valence-electron chi connectivity index (χ2n) is 4.62. The molecule has 0 aliphatic heterocycles. The monoisotopic (exact) mass is 264 g/mol. The number of benzene rings is 2. The number of rotatable bonds is 3. The van der Waals surface area contributed by atoms with Crippen LogP contribution in [0, 0.1) is 10.1 Å². The van der Waals surface area contributed by atoms with Crippen molar-refractivity contribution in [2.24, 2.45) is 0 Å². The van der Waals surface area contributed by atoms with Gasteiger partial charge in [0.2, 0.25) is 0 Å². The maximum atomic E-state index is 10.8. The molecule has 0 amide bonds. The van der Waals surface area contributed by atoms with Crippen molar-refractivity contribution in [1.29, 1.82) is 0 Å². The first-order chi connectivity index (χ1) is 9.74. The molecule has 3 rings (SSSR count). The molecule has 4 nitrogen and oxygen atoms in total. The van der Waals surface area contributed by atoms with E-state index in [1.54, 1.807) is 18.3 Å². The van der Waals surface area contributed by atoms with Crippen LogP contribution in [0.5, 0.6) is 0 Å². The molecule has 20 heavy (non-hydrogen) atoms. The van der Waals surface area contributed by atoms with Gasteiger partial charge in [0.05, 0.1) is 4.92 Å². The lowest BCUT2D eigenvalue weighted by Crippen LogP contribution is -1.92. The van der Waals surface area contributed by atoms with E-state index < -0.39 is 0 Å². The predicted octanol–water partition coefficient (Wildman–Crippen LogP) is 3.73. The van der Waals surface area contributed by atoms with Crippen molar-refractivity contribution in [3.63, 3.8) is 0 Å². The Balaban J connectivity index is 2.06. The Morgan fingerprint density at radius 1 is 1.10 bits per heavy atom. The van der Waals surface area contributed by atoms with Crippen LogP contribution in [0.3, 0.4) is 0 Å². The molecule has 0 aliphatic carbocycles. The second-order valence-corrected chi connectivity index (χ2v) is 4.62. The van der Waals surface area contributed by atoms with Crippen LogP contribution < -0.4 is 0 Å². The summed E-state index contributed by atoms with van der Waals surface area (Å²) in [5.74, 6) is 0. The summed E-state index contributed by atoms with van der Waals surface area (Å²) >= 11 is 0. The summed E-state index contributed by atoms with van der Waals surface area (Å²) in [5.41, 5.74) is 2.39. The highest BCUT2D eigenvalue weighted by Gasteiger charge is 2.08. The molecule has 2 aromatic carbocycles. The van der Waals surface area contributed by atoms with Gasteiger partial charge in [-0.1, -0.05) is 24.3 Å². The number of aromatic nitrogens is 1. The highest BCUT2D eigenvalue weighted by Crippen LogP contribution is 2.25. The molecule has 0 fully saturated rings. The number of fused-ring (bicyclic) bond motifs is 1. The van der Waals surface area contributed by atoms with Gasteiger partial charge in [-0.2, -0.15) is 0 Å². The maximum Gasteiger partial charge on any atom is 0.270 e. The topological polar surface area (TPSA) is 56.0 Å². The first kappa shape index (κ1) is 12.3. The minimum Gasteiger partial charge on any atom is -0.264 e. The zero-order chi connectivity index (χ0) is 13.9. The lowest BCUT2D eigenvalue weighted by Gasteiger charge is -2.06. The van der Waals surface area contributed by atoms with E-state index in [9.17, 15) is 10.1 Å². The molecule has 3 aromatic rings. The van der Waals surface area contributed by atoms with E-state index >= 15 is 0 Å². The van der Waals surface area contributed by atoms with E-state index in [4.69, 9.17) is 0 Å². The van der Waals surface area contributed by atoms with Gasteiger partial charge < -0.3 is 0 Å². The van der Waals surface area contributed by atoms with Crippen LogP contribution in [0.15, 0.2) is 60.9 Å². The van der Waals surface area contributed by atoms with Crippen LogP contribution in [0.25, 0.3) is 10.8 Å². The zero-order valence-corrected chi connectivity index (χ0v) is 10.7. The van der Waals surface area contributed by atoms with Crippen molar-refractivity contribution in [2.45, 2.75) is 6.42 Å². The summed E-state index contributed by atoms with van der Waals surface area (Å²) in [6.07, 6.45) is 4.35. The number of hydrogen-bond donors (Lipinski definition) is 0. The van der Waals surface area contributed by atoms with Gasteiger partial charge in [0.15, 0.2) is 0 Å². The Morgan fingerprint density at radius 3 is 2.75 bits per heavy atom. The van der Waals surface area contributed by atoms with Gasteiger partial charge in [0, 0.05) is 24.5 Å². The van der Waals surface area contributed by atoms with Crippen molar-refractivity contribution >= 4 is 16.5 Å². The molecule has 0 spiro atoms. The molecule has 0 radical (unpaired) electrons. The standard InChI is InChI=1S/C16H12N2O2/c19-18(20)15-6-7-16-13(4-1-5-14(16)10-15)9-12-3-2-8-17-11-12/h1-8,10-11H,9H2. The molecular weight excluding hydrogens is 252 g/mol. The number of nitrogens with zero attached hydrogens (tertiary/aromatic N) is 2. The molecule has 0 bridgehead atoms. The summed E-state index contributed by atoms with van der Waals surface area (Å²) in [6.45, 7) is 0. The summed E-state index contributed by atoms with van der Waals surface area (Å²) < 4.78 is 0. The third-order valence-corrected chi connectivity index (χ3v) is 3.28. The fourth-order valence-corrected chi connectivity index (χ4v) is 2.33. The minimum atomic E-state index is -0.368. The summed E-state index contributed by atoms with van der Waals surface area (Å²) in [4.78, 5) is 14.6. The van der Waals surface area contributed by atoms with Crippen LogP contribution in [0.2, 0.25) is 0 Å². The van der Waals surface area contributed by atoms with Crippen molar-refractivity contribution < 1.29 is 4.92 Å². The normalized spacial score (nSPS) is 10.6. The van der Waals surface area contributed by atoms with Crippen molar-refractivity contribution in [3.05, 3.63) is 82.2 Å². The van der Waals surface area contributed by atoms with Crippen molar-refractivity contribution in [3.8, 4) is 0 Å². The fraction of sp³-hybridized carbons (Fsp3) is 0.0625. The van der Waals surface area contributed by atoms with Crippen LogP contribution in [0.1, 0.15) is 11.1 Å². The average molecular weight is 264 g/mol. The lowest BCUT2D eigenvalue weighted by molar-refractivity contribution is -0.384. The van der Waals surface area contributed by atoms with Gasteiger partial charge >= 0.3 is 0 Å². The molecule has 0 unspecified atom stereocenters. The molecule has 1 heterocycles.